The lowest BCUT2D eigenvalue weighted by Crippen LogP contribution is -2.45. The van der Waals surface area contributed by atoms with Crippen molar-refractivity contribution >= 4 is 22.8 Å². The van der Waals surface area contributed by atoms with Crippen molar-refractivity contribution in [3.63, 3.8) is 0 Å². The standard InChI is InChI=1S/C32H35F3N6O2/c1-3-39-14-16-40(17-15-39)20-23-4-6-24(18-28(23)32(33,34)35)38-31(42)41-13-10-22-5-7-25(19-27(22)21(41)2)43-29-9-12-37-30-26(29)8-11-36-30/h4-9,11-12,18-19,21H,3,10,13-17,20H2,1-2H3,(H,36,37)(H,38,42). The number of alkyl halides is 3. The Morgan fingerprint density at radius 1 is 1.05 bits per heavy atom. The number of urea groups is 1. The summed E-state index contributed by atoms with van der Waals surface area (Å²) in [5, 5.41) is 3.59. The lowest BCUT2D eigenvalue weighted by molar-refractivity contribution is -0.138. The topological polar surface area (TPSA) is 76.7 Å². The van der Waals surface area contributed by atoms with Crippen LogP contribution in [0.3, 0.4) is 0 Å². The van der Waals surface area contributed by atoms with Crippen LogP contribution in [0.2, 0.25) is 0 Å². The van der Waals surface area contributed by atoms with E-state index in [-0.39, 0.29) is 23.8 Å². The summed E-state index contributed by atoms with van der Waals surface area (Å²) in [6.07, 6.45) is -0.431. The maximum atomic E-state index is 14.1. The molecule has 43 heavy (non-hydrogen) atoms. The number of aromatic nitrogens is 2. The second-order valence-corrected chi connectivity index (χ2v) is 11.1. The number of pyridine rings is 1. The van der Waals surface area contributed by atoms with E-state index in [2.05, 4.69) is 32.0 Å². The number of hydrogen-bond donors (Lipinski definition) is 2. The van der Waals surface area contributed by atoms with Crippen molar-refractivity contribution in [1.29, 1.82) is 0 Å². The van der Waals surface area contributed by atoms with Crippen molar-refractivity contribution in [2.24, 2.45) is 0 Å². The van der Waals surface area contributed by atoms with Gasteiger partial charge in [0, 0.05) is 57.3 Å². The number of likely N-dealkylation sites (N-methyl/N-ethyl adjacent to an activating group) is 1. The third kappa shape index (κ3) is 6.18. The normalized spacial score (nSPS) is 18.1. The van der Waals surface area contributed by atoms with Gasteiger partial charge in [-0.1, -0.05) is 19.1 Å². The number of carbonyl (C=O) groups excluding carboxylic acids is 1. The second-order valence-electron chi connectivity index (χ2n) is 11.1. The highest BCUT2D eigenvalue weighted by Gasteiger charge is 2.35. The zero-order chi connectivity index (χ0) is 30.1. The van der Waals surface area contributed by atoms with Crippen molar-refractivity contribution in [2.75, 3.05) is 44.6 Å². The maximum absolute atomic E-state index is 14.1. The average Bonchev–Trinajstić information content (AvgIpc) is 3.48. The fraction of sp³-hybridized carbons (Fsp3) is 0.375. The van der Waals surface area contributed by atoms with Crippen molar-refractivity contribution in [3.8, 4) is 11.5 Å². The van der Waals surface area contributed by atoms with E-state index in [0.29, 0.717) is 24.5 Å². The molecule has 2 aromatic carbocycles. The zero-order valence-corrected chi connectivity index (χ0v) is 24.2. The van der Waals surface area contributed by atoms with Crippen LogP contribution in [-0.2, 0) is 19.1 Å². The van der Waals surface area contributed by atoms with Gasteiger partial charge in [-0.25, -0.2) is 9.78 Å². The van der Waals surface area contributed by atoms with Gasteiger partial charge in [0.05, 0.1) is 17.0 Å². The molecule has 2 aliphatic rings. The van der Waals surface area contributed by atoms with Gasteiger partial charge in [0.15, 0.2) is 0 Å². The Hall–Kier alpha value is -4.09. The molecule has 6 rings (SSSR count). The van der Waals surface area contributed by atoms with Gasteiger partial charge in [0.1, 0.15) is 17.1 Å². The summed E-state index contributed by atoms with van der Waals surface area (Å²) in [4.78, 5) is 26.7. The van der Waals surface area contributed by atoms with Crippen molar-refractivity contribution in [3.05, 3.63) is 83.2 Å². The van der Waals surface area contributed by atoms with E-state index in [1.54, 1.807) is 29.4 Å². The Bertz CT molecular complexity index is 1610. The Labute approximate surface area is 248 Å². The van der Waals surface area contributed by atoms with E-state index in [1.807, 2.05) is 31.2 Å². The van der Waals surface area contributed by atoms with Crippen LogP contribution in [0.5, 0.6) is 11.5 Å². The van der Waals surface area contributed by atoms with Gasteiger partial charge >= 0.3 is 12.2 Å². The number of anilines is 1. The summed E-state index contributed by atoms with van der Waals surface area (Å²) in [6, 6.07) is 12.9. The summed E-state index contributed by atoms with van der Waals surface area (Å²) in [6.45, 7) is 8.75. The number of H-pyrrole nitrogens is 1. The fourth-order valence-electron chi connectivity index (χ4n) is 6.04. The molecule has 1 unspecified atom stereocenters. The molecule has 2 amide bonds. The minimum atomic E-state index is -4.53. The average molecular weight is 593 g/mol. The molecule has 2 aromatic heterocycles. The van der Waals surface area contributed by atoms with E-state index < -0.39 is 17.8 Å². The molecule has 0 saturated carbocycles. The number of benzene rings is 2. The van der Waals surface area contributed by atoms with Gasteiger partial charge in [-0.2, -0.15) is 13.2 Å². The monoisotopic (exact) mass is 592 g/mol. The number of piperazine rings is 1. The van der Waals surface area contributed by atoms with E-state index in [1.165, 1.54) is 6.07 Å². The van der Waals surface area contributed by atoms with Crippen LogP contribution in [0.25, 0.3) is 11.0 Å². The van der Waals surface area contributed by atoms with E-state index in [0.717, 1.165) is 61.0 Å². The molecule has 1 fully saturated rings. The second kappa shape index (κ2) is 11.9. The Morgan fingerprint density at radius 3 is 2.60 bits per heavy atom. The summed E-state index contributed by atoms with van der Waals surface area (Å²) in [5.41, 5.74) is 2.40. The van der Waals surface area contributed by atoms with Gasteiger partial charge in [-0.15, -0.1) is 0 Å². The van der Waals surface area contributed by atoms with Crippen LogP contribution in [0.4, 0.5) is 23.7 Å². The molecule has 0 aliphatic carbocycles. The van der Waals surface area contributed by atoms with Crippen molar-refractivity contribution < 1.29 is 22.7 Å². The Kier molecular flexibility index (Phi) is 8.02. The molecular weight excluding hydrogens is 557 g/mol. The van der Waals surface area contributed by atoms with Crippen molar-refractivity contribution in [1.82, 2.24) is 24.7 Å². The van der Waals surface area contributed by atoms with Crippen LogP contribution in [0, 0.1) is 0 Å². The highest BCUT2D eigenvalue weighted by atomic mass is 19.4. The largest absolute Gasteiger partial charge is 0.457 e. The zero-order valence-electron chi connectivity index (χ0n) is 24.2. The molecule has 8 nitrogen and oxygen atoms in total. The summed E-state index contributed by atoms with van der Waals surface area (Å²) < 4.78 is 48.5. The third-order valence-corrected chi connectivity index (χ3v) is 8.54. The van der Waals surface area contributed by atoms with Gasteiger partial charge < -0.3 is 24.8 Å². The minimum Gasteiger partial charge on any atom is -0.457 e. The summed E-state index contributed by atoms with van der Waals surface area (Å²) >= 11 is 0. The first-order valence-electron chi connectivity index (χ1n) is 14.6. The van der Waals surface area contributed by atoms with Crippen LogP contribution in [-0.4, -0.2) is 70.0 Å². The molecule has 0 spiro atoms. The van der Waals surface area contributed by atoms with E-state index in [4.69, 9.17) is 4.74 Å². The molecule has 11 heteroatoms. The molecular formula is C32H35F3N6O2. The molecule has 0 bridgehead atoms. The summed E-state index contributed by atoms with van der Waals surface area (Å²) in [7, 11) is 0. The van der Waals surface area contributed by atoms with Crippen LogP contribution in [0.1, 0.15) is 42.1 Å². The predicted octanol–water partition coefficient (Wildman–Crippen LogP) is 6.66. The number of carbonyl (C=O) groups is 1. The predicted molar refractivity (Wildman–Crippen MR) is 159 cm³/mol. The van der Waals surface area contributed by atoms with Crippen molar-refractivity contribution in [2.45, 2.75) is 39.0 Å². The molecule has 2 aliphatic heterocycles. The number of nitrogens with zero attached hydrogens (tertiary/aromatic N) is 4. The van der Waals surface area contributed by atoms with E-state index >= 15 is 0 Å². The molecule has 4 heterocycles. The molecule has 0 radical (unpaired) electrons. The Balaban J connectivity index is 1.16. The van der Waals surface area contributed by atoms with Gasteiger partial charge in [0.2, 0.25) is 0 Å². The van der Waals surface area contributed by atoms with Crippen LogP contribution >= 0.6 is 0 Å². The minimum absolute atomic E-state index is 0.125. The number of amides is 2. The molecule has 1 saturated heterocycles. The number of aromatic amines is 1. The first-order chi connectivity index (χ1) is 20.7. The number of rotatable bonds is 6. The lowest BCUT2D eigenvalue weighted by atomic mass is 9.93. The molecule has 226 valence electrons. The highest BCUT2D eigenvalue weighted by molar-refractivity contribution is 5.90. The number of fused-ring (bicyclic) bond motifs is 2. The molecule has 2 N–H and O–H groups in total. The third-order valence-electron chi connectivity index (χ3n) is 8.54. The number of halogens is 3. The maximum Gasteiger partial charge on any atom is 0.416 e. The van der Waals surface area contributed by atoms with Gasteiger partial charge in [-0.05, 0) is 73.0 Å². The van der Waals surface area contributed by atoms with E-state index in [9.17, 15) is 18.0 Å². The lowest BCUT2D eigenvalue weighted by Gasteiger charge is -2.35. The summed E-state index contributed by atoms with van der Waals surface area (Å²) in [5.74, 6) is 1.29. The molecule has 1 atom stereocenters. The highest BCUT2D eigenvalue weighted by Crippen LogP contribution is 2.37. The first kappa shape index (κ1) is 29.0. The number of hydrogen-bond acceptors (Lipinski definition) is 5. The van der Waals surface area contributed by atoms with Gasteiger partial charge in [-0.3, -0.25) is 4.90 Å². The molecule has 4 aromatic rings. The Morgan fingerprint density at radius 2 is 1.84 bits per heavy atom. The van der Waals surface area contributed by atoms with Gasteiger partial charge in [0.25, 0.3) is 0 Å². The smallest absolute Gasteiger partial charge is 0.416 e. The fourth-order valence-corrected chi connectivity index (χ4v) is 6.04. The first-order valence-corrected chi connectivity index (χ1v) is 14.6. The SMILES string of the molecule is CCN1CCN(Cc2ccc(NC(=O)N3CCc4ccc(Oc5ccnc6[nH]ccc56)cc4C3C)cc2C(F)(F)F)CC1. The quantitative estimate of drug-likeness (QED) is 0.262. The van der Waals surface area contributed by atoms with Crippen LogP contribution < -0.4 is 10.1 Å². The number of nitrogens with one attached hydrogen (secondary N) is 2. The van der Waals surface area contributed by atoms with Crippen LogP contribution in [0.15, 0.2) is 60.9 Å². The number of ether oxygens (including phenoxy) is 1.